The quantitative estimate of drug-likeness (QED) is 0.130. The molecule has 0 aliphatic carbocycles. The maximum atomic E-state index is 10.8. The van der Waals surface area contributed by atoms with Crippen molar-refractivity contribution in [1.82, 2.24) is 0 Å². The van der Waals surface area contributed by atoms with Crippen molar-refractivity contribution < 1.29 is 14.4 Å². The minimum absolute atomic E-state index is 0.0210. The zero-order chi connectivity index (χ0) is 21.5. The fourth-order valence-corrected chi connectivity index (χ4v) is 3.10. The summed E-state index contributed by atoms with van der Waals surface area (Å²) in [4.78, 5) is 10.3. The lowest BCUT2D eigenvalue weighted by molar-refractivity contribution is -0.384. The number of nitro benzene ring substituents is 1. The van der Waals surface area contributed by atoms with E-state index in [-0.39, 0.29) is 5.69 Å². The van der Waals surface area contributed by atoms with Gasteiger partial charge < -0.3 is 9.47 Å². The van der Waals surface area contributed by atoms with Crippen molar-refractivity contribution in [1.29, 1.82) is 5.26 Å². The second kappa shape index (κ2) is 9.89. The number of non-ortho nitro benzene ring substituents is 1. The van der Waals surface area contributed by atoms with Gasteiger partial charge in [-0.25, -0.2) is 0 Å². The molecule has 0 unspecified atom stereocenters. The van der Waals surface area contributed by atoms with E-state index in [1.165, 1.54) is 12.1 Å². The minimum Gasteiger partial charge on any atom is -0.493 e. The van der Waals surface area contributed by atoms with Crippen LogP contribution in [0.25, 0.3) is 11.6 Å². The van der Waals surface area contributed by atoms with Gasteiger partial charge in [-0.05, 0) is 81.8 Å². The molecule has 0 fully saturated rings. The Balaban J connectivity index is 1.80. The standard InChI is InChI=1S/C23H17IN2O4/c1-29-23-13-17(4-11-22(23)30-15-16-2-7-20(24)8-3-16)12-19(14-25)18-5-9-21(10-6-18)26(27)28/h2-13H,15H2,1H3/b19-12-. The molecule has 0 heterocycles. The van der Waals surface area contributed by atoms with Crippen LogP contribution < -0.4 is 9.47 Å². The number of rotatable bonds is 7. The number of allylic oxidation sites excluding steroid dienone is 1. The lowest BCUT2D eigenvalue weighted by Crippen LogP contribution is -1.98. The van der Waals surface area contributed by atoms with Gasteiger partial charge in [-0.15, -0.1) is 0 Å². The summed E-state index contributed by atoms with van der Waals surface area (Å²) >= 11 is 2.25. The van der Waals surface area contributed by atoms with Crippen LogP contribution in [0.5, 0.6) is 11.5 Å². The maximum Gasteiger partial charge on any atom is 0.269 e. The monoisotopic (exact) mass is 512 g/mol. The number of nitrogens with zero attached hydrogens (tertiary/aromatic N) is 2. The topological polar surface area (TPSA) is 85.4 Å². The number of hydrogen-bond donors (Lipinski definition) is 0. The number of nitriles is 1. The Labute approximate surface area is 187 Å². The highest BCUT2D eigenvalue weighted by molar-refractivity contribution is 14.1. The Morgan fingerprint density at radius 3 is 2.40 bits per heavy atom. The highest BCUT2D eigenvalue weighted by atomic mass is 127. The summed E-state index contributed by atoms with van der Waals surface area (Å²) < 4.78 is 12.5. The van der Waals surface area contributed by atoms with E-state index in [0.717, 1.165) is 14.7 Å². The lowest BCUT2D eigenvalue weighted by Gasteiger charge is -2.12. The molecule has 0 aliphatic rings. The third kappa shape index (κ3) is 5.36. The van der Waals surface area contributed by atoms with E-state index in [2.05, 4.69) is 28.7 Å². The van der Waals surface area contributed by atoms with Gasteiger partial charge in [0.15, 0.2) is 11.5 Å². The molecule has 0 spiro atoms. The zero-order valence-corrected chi connectivity index (χ0v) is 18.2. The van der Waals surface area contributed by atoms with Gasteiger partial charge in [0.1, 0.15) is 6.61 Å². The van der Waals surface area contributed by atoms with Crippen LogP contribution in [-0.2, 0) is 6.61 Å². The smallest absolute Gasteiger partial charge is 0.269 e. The molecule has 0 N–H and O–H groups in total. The van der Waals surface area contributed by atoms with E-state index >= 15 is 0 Å². The molecule has 150 valence electrons. The SMILES string of the molecule is COc1cc(/C=C(/C#N)c2ccc([N+](=O)[O-])cc2)ccc1OCc1ccc(I)cc1. The molecule has 0 aromatic heterocycles. The van der Waals surface area contributed by atoms with Crippen molar-refractivity contribution in [3.05, 3.63) is 97.1 Å². The predicted octanol–water partition coefficient (Wildman–Crippen LogP) is 5.85. The summed E-state index contributed by atoms with van der Waals surface area (Å²) in [6, 6.07) is 21.5. The molecule has 0 aliphatic heterocycles. The fourth-order valence-electron chi connectivity index (χ4n) is 2.74. The van der Waals surface area contributed by atoms with E-state index in [4.69, 9.17) is 9.47 Å². The zero-order valence-electron chi connectivity index (χ0n) is 16.0. The van der Waals surface area contributed by atoms with Gasteiger partial charge in [0.05, 0.1) is 23.7 Å². The van der Waals surface area contributed by atoms with Crippen LogP contribution >= 0.6 is 22.6 Å². The third-order valence-corrected chi connectivity index (χ3v) is 5.04. The van der Waals surface area contributed by atoms with Crippen LogP contribution in [0.1, 0.15) is 16.7 Å². The molecule has 0 saturated heterocycles. The van der Waals surface area contributed by atoms with Gasteiger partial charge in [0.25, 0.3) is 5.69 Å². The summed E-state index contributed by atoms with van der Waals surface area (Å²) in [6.45, 7) is 0.411. The fraction of sp³-hybridized carbons (Fsp3) is 0.0870. The van der Waals surface area contributed by atoms with E-state index in [0.29, 0.717) is 29.2 Å². The van der Waals surface area contributed by atoms with Gasteiger partial charge in [-0.3, -0.25) is 10.1 Å². The number of halogens is 1. The van der Waals surface area contributed by atoms with Crippen LogP contribution in [0.15, 0.2) is 66.7 Å². The van der Waals surface area contributed by atoms with E-state index < -0.39 is 4.92 Å². The van der Waals surface area contributed by atoms with Gasteiger partial charge in [-0.2, -0.15) is 5.26 Å². The predicted molar refractivity (Wildman–Crippen MR) is 123 cm³/mol. The number of ether oxygens (including phenoxy) is 2. The average molecular weight is 512 g/mol. The Morgan fingerprint density at radius 2 is 1.80 bits per heavy atom. The minimum atomic E-state index is -0.473. The Bertz CT molecular complexity index is 1120. The first-order chi connectivity index (χ1) is 14.5. The molecule has 0 amide bonds. The van der Waals surface area contributed by atoms with Crippen molar-refractivity contribution in [2.24, 2.45) is 0 Å². The molecule has 6 nitrogen and oxygen atoms in total. The van der Waals surface area contributed by atoms with Gasteiger partial charge in [-0.1, -0.05) is 18.2 Å². The largest absolute Gasteiger partial charge is 0.493 e. The van der Waals surface area contributed by atoms with Crippen LogP contribution in [0.4, 0.5) is 5.69 Å². The first-order valence-corrected chi connectivity index (χ1v) is 10.00. The molecule has 0 saturated carbocycles. The highest BCUT2D eigenvalue weighted by Crippen LogP contribution is 2.31. The molecular formula is C23H17IN2O4. The lowest BCUT2D eigenvalue weighted by atomic mass is 10.0. The normalized spacial score (nSPS) is 10.9. The molecule has 30 heavy (non-hydrogen) atoms. The molecule has 3 aromatic carbocycles. The molecule has 0 radical (unpaired) electrons. The van der Waals surface area contributed by atoms with Crippen molar-refractivity contribution in [2.75, 3.05) is 7.11 Å². The summed E-state index contributed by atoms with van der Waals surface area (Å²) in [6.07, 6.45) is 1.70. The van der Waals surface area contributed by atoms with Gasteiger partial charge >= 0.3 is 0 Å². The van der Waals surface area contributed by atoms with Crippen LogP contribution in [-0.4, -0.2) is 12.0 Å². The molecule has 7 heteroatoms. The summed E-state index contributed by atoms with van der Waals surface area (Å²) in [7, 11) is 1.56. The van der Waals surface area contributed by atoms with Crippen molar-refractivity contribution in [3.63, 3.8) is 0 Å². The first kappa shape index (κ1) is 21.3. The van der Waals surface area contributed by atoms with Gasteiger partial charge in [0.2, 0.25) is 0 Å². The number of nitro groups is 1. The Kier molecular flexibility index (Phi) is 7.03. The number of hydrogen-bond acceptors (Lipinski definition) is 5. The molecular weight excluding hydrogens is 495 g/mol. The van der Waals surface area contributed by atoms with Crippen molar-refractivity contribution >= 4 is 39.9 Å². The molecule has 3 aromatic rings. The molecule has 0 bridgehead atoms. The van der Waals surface area contributed by atoms with E-state index in [9.17, 15) is 15.4 Å². The Morgan fingerprint density at radius 1 is 1.10 bits per heavy atom. The number of methoxy groups -OCH3 is 1. The van der Waals surface area contributed by atoms with E-state index in [1.54, 1.807) is 37.5 Å². The summed E-state index contributed by atoms with van der Waals surface area (Å²) in [5.74, 6) is 1.15. The van der Waals surface area contributed by atoms with Crippen LogP contribution in [0, 0.1) is 25.0 Å². The maximum absolute atomic E-state index is 10.8. The highest BCUT2D eigenvalue weighted by Gasteiger charge is 2.09. The van der Waals surface area contributed by atoms with Crippen LogP contribution in [0.2, 0.25) is 0 Å². The van der Waals surface area contributed by atoms with E-state index in [1.807, 2.05) is 30.3 Å². The van der Waals surface area contributed by atoms with Crippen LogP contribution in [0.3, 0.4) is 0 Å². The van der Waals surface area contributed by atoms with Crippen molar-refractivity contribution in [2.45, 2.75) is 6.61 Å². The van der Waals surface area contributed by atoms with Crippen molar-refractivity contribution in [3.8, 4) is 17.6 Å². The molecule has 3 rings (SSSR count). The number of benzene rings is 3. The first-order valence-electron chi connectivity index (χ1n) is 8.92. The third-order valence-electron chi connectivity index (χ3n) is 4.32. The van der Waals surface area contributed by atoms with Gasteiger partial charge in [0, 0.05) is 15.7 Å². The molecule has 0 atom stereocenters. The average Bonchev–Trinajstić information content (AvgIpc) is 2.77. The Hall–Kier alpha value is -3.38. The second-order valence-corrected chi connectivity index (χ2v) is 7.54. The summed E-state index contributed by atoms with van der Waals surface area (Å²) in [5.41, 5.74) is 2.77. The summed E-state index contributed by atoms with van der Waals surface area (Å²) in [5, 5.41) is 20.3. The second-order valence-electron chi connectivity index (χ2n) is 6.30.